The Bertz CT molecular complexity index is 216. The van der Waals surface area contributed by atoms with Gasteiger partial charge in [0.05, 0.1) is 7.11 Å². The van der Waals surface area contributed by atoms with E-state index < -0.39 is 0 Å². The zero-order valence-electron chi connectivity index (χ0n) is 9.16. The predicted octanol–water partition coefficient (Wildman–Crippen LogP) is 2.79. The molecule has 0 saturated carbocycles. The fourth-order valence-corrected chi connectivity index (χ4v) is 0.880. The smallest absolute Gasteiger partial charge is 0.119 e. The first-order valence-electron chi connectivity index (χ1n) is 4.55. The molecule has 0 bridgehead atoms. The van der Waals surface area contributed by atoms with Gasteiger partial charge in [0.1, 0.15) is 5.75 Å². The van der Waals surface area contributed by atoms with Crippen molar-refractivity contribution < 1.29 is 4.74 Å². The van der Waals surface area contributed by atoms with Crippen LogP contribution in [0.15, 0.2) is 24.3 Å². The topological polar surface area (TPSA) is 12.5 Å². The van der Waals surface area contributed by atoms with Crippen molar-refractivity contribution in [2.24, 2.45) is 0 Å². The third-order valence-electron chi connectivity index (χ3n) is 1.59. The molecule has 0 amide bonds. The third-order valence-corrected chi connectivity index (χ3v) is 1.59. The van der Waals surface area contributed by atoms with Crippen molar-refractivity contribution in [1.82, 2.24) is 0 Å². The number of ether oxygens (including phenoxy) is 1. The van der Waals surface area contributed by atoms with Gasteiger partial charge in [0.25, 0.3) is 0 Å². The van der Waals surface area contributed by atoms with E-state index in [1.54, 1.807) is 7.11 Å². The highest BCUT2D eigenvalue weighted by Crippen LogP contribution is 2.16. The maximum Gasteiger partial charge on any atom is 0.119 e. The lowest BCUT2D eigenvalue weighted by molar-refractivity contribution is 0.415. The molecule has 0 radical (unpaired) electrons. The number of rotatable bonds is 2. The summed E-state index contributed by atoms with van der Waals surface area (Å²) in [5.41, 5.74) is 1.19. The third kappa shape index (κ3) is 3.83. The van der Waals surface area contributed by atoms with Crippen LogP contribution in [0.2, 0.25) is 0 Å². The fraction of sp³-hybridized carbons (Fsp3) is 0.455. The first-order chi connectivity index (χ1) is 6.24. The molecule has 0 saturated heterocycles. The van der Waals surface area contributed by atoms with Crippen LogP contribution in [0.3, 0.4) is 0 Å². The van der Waals surface area contributed by atoms with Gasteiger partial charge < -0.3 is 9.64 Å². The van der Waals surface area contributed by atoms with Gasteiger partial charge in [-0.15, -0.1) is 0 Å². The van der Waals surface area contributed by atoms with Gasteiger partial charge >= 0.3 is 0 Å². The fourth-order valence-electron chi connectivity index (χ4n) is 0.880. The maximum atomic E-state index is 5.03. The Kier molecular flexibility index (Phi) is 5.77. The normalized spacial score (nSPS) is 8.38. The lowest BCUT2D eigenvalue weighted by Gasteiger charge is -2.11. The Hall–Kier alpha value is -1.18. The van der Waals surface area contributed by atoms with Crippen molar-refractivity contribution in [3.05, 3.63) is 24.3 Å². The minimum absolute atomic E-state index is 0.899. The maximum absolute atomic E-state index is 5.03. The van der Waals surface area contributed by atoms with Crippen molar-refractivity contribution in [3.8, 4) is 5.75 Å². The summed E-state index contributed by atoms with van der Waals surface area (Å²) in [5, 5.41) is 0. The molecule has 0 aromatic heterocycles. The predicted molar refractivity (Wildman–Crippen MR) is 58.7 cm³/mol. The van der Waals surface area contributed by atoms with Gasteiger partial charge in [-0.3, -0.25) is 0 Å². The monoisotopic (exact) mass is 181 g/mol. The van der Waals surface area contributed by atoms with E-state index in [-0.39, 0.29) is 0 Å². The van der Waals surface area contributed by atoms with Gasteiger partial charge in [-0.05, 0) is 24.3 Å². The molecule has 74 valence electrons. The van der Waals surface area contributed by atoms with Crippen LogP contribution in [0.4, 0.5) is 5.69 Å². The van der Waals surface area contributed by atoms with Gasteiger partial charge in [-0.1, -0.05) is 13.8 Å². The van der Waals surface area contributed by atoms with Crippen molar-refractivity contribution >= 4 is 5.69 Å². The number of benzene rings is 1. The van der Waals surface area contributed by atoms with E-state index in [1.165, 1.54) is 5.69 Å². The van der Waals surface area contributed by atoms with E-state index in [1.807, 2.05) is 52.2 Å². The molecule has 0 aliphatic rings. The highest BCUT2D eigenvalue weighted by molar-refractivity contribution is 5.47. The van der Waals surface area contributed by atoms with E-state index in [9.17, 15) is 0 Å². The van der Waals surface area contributed by atoms with Crippen LogP contribution in [0.25, 0.3) is 0 Å². The van der Waals surface area contributed by atoms with Crippen molar-refractivity contribution in [1.29, 1.82) is 0 Å². The van der Waals surface area contributed by atoms with Crippen LogP contribution < -0.4 is 9.64 Å². The highest BCUT2D eigenvalue weighted by Gasteiger charge is 1.93. The molecule has 1 rings (SSSR count). The summed E-state index contributed by atoms with van der Waals surface area (Å²) in [6.45, 7) is 4.00. The number of anilines is 1. The molecule has 0 N–H and O–H groups in total. The number of hydrogen-bond acceptors (Lipinski definition) is 2. The van der Waals surface area contributed by atoms with E-state index in [2.05, 4.69) is 4.90 Å². The number of methoxy groups -OCH3 is 1. The van der Waals surface area contributed by atoms with Crippen LogP contribution in [-0.4, -0.2) is 21.2 Å². The summed E-state index contributed by atoms with van der Waals surface area (Å²) in [6.07, 6.45) is 0. The van der Waals surface area contributed by atoms with Crippen molar-refractivity contribution in [2.75, 3.05) is 26.1 Å². The molecule has 2 nitrogen and oxygen atoms in total. The van der Waals surface area contributed by atoms with Crippen molar-refractivity contribution in [2.45, 2.75) is 13.8 Å². The molecular formula is C11H19NO. The second-order valence-electron chi connectivity index (χ2n) is 2.59. The Morgan fingerprint density at radius 3 is 1.77 bits per heavy atom. The first kappa shape index (κ1) is 11.8. The van der Waals surface area contributed by atoms with E-state index in [4.69, 9.17) is 4.74 Å². The molecule has 0 aliphatic heterocycles. The van der Waals surface area contributed by atoms with Crippen LogP contribution in [0, 0.1) is 0 Å². The van der Waals surface area contributed by atoms with Gasteiger partial charge in [0.15, 0.2) is 0 Å². The molecule has 1 aromatic rings. The van der Waals surface area contributed by atoms with Crippen molar-refractivity contribution in [3.63, 3.8) is 0 Å². The van der Waals surface area contributed by atoms with Crippen LogP contribution in [-0.2, 0) is 0 Å². The molecule has 0 heterocycles. The average Bonchev–Trinajstić information content (AvgIpc) is 2.21. The second-order valence-corrected chi connectivity index (χ2v) is 2.59. The average molecular weight is 181 g/mol. The summed E-state index contributed by atoms with van der Waals surface area (Å²) < 4.78 is 5.03. The van der Waals surface area contributed by atoms with Crippen LogP contribution in [0.5, 0.6) is 5.75 Å². The van der Waals surface area contributed by atoms with E-state index in [0.29, 0.717) is 0 Å². The molecule has 1 aromatic carbocycles. The Morgan fingerprint density at radius 1 is 1.00 bits per heavy atom. The first-order valence-corrected chi connectivity index (χ1v) is 4.55. The Morgan fingerprint density at radius 2 is 1.46 bits per heavy atom. The number of hydrogen-bond donors (Lipinski definition) is 0. The zero-order chi connectivity index (χ0) is 10.3. The molecule has 0 aliphatic carbocycles. The minimum Gasteiger partial charge on any atom is -0.497 e. The van der Waals surface area contributed by atoms with Gasteiger partial charge in [-0.25, -0.2) is 0 Å². The largest absolute Gasteiger partial charge is 0.497 e. The number of nitrogens with zero attached hydrogens (tertiary/aromatic N) is 1. The van der Waals surface area contributed by atoms with Gasteiger partial charge in [-0.2, -0.15) is 0 Å². The van der Waals surface area contributed by atoms with Gasteiger partial charge in [0, 0.05) is 19.8 Å². The van der Waals surface area contributed by atoms with Gasteiger partial charge in [0.2, 0.25) is 0 Å². The molecule has 0 atom stereocenters. The Labute approximate surface area is 81.1 Å². The molecule has 0 spiro atoms. The van der Waals surface area contributed by atoms with E-state index in [0.717, 1.165) is 5.75 Å². The minimum atomic E-state index is 0.899. The van der Waals surface area contributed by atoms with Crippen LogP contribution >= 0.6 is 0 Å². The zero-order valence-corrected chi connectivity index (χ0v) is 9.16. The standard InChI is InChI=1S/C9H13NO.C2H6/c1-10(2)8-4-6-9(11-3)7-5-8;1-2/h4-7H,1-3H3;1-2H3. The lowest BCUT2D eigenvalue weighted by atomic mass is 10.3. The molecular weight excluding hydrogens is 162 g/mol. The summed E-state index contributed by atoms with van der Waals surface area (Å²) in [6, 6.07) is 7.96. The summed E-state index contributed by atoms with van der Waals surface area (Å²) >= 11 is 0. The Balaban J connectivity index is 0.000000671. The van der Waals surface area contributed by atoms with Crippen LogP contribution in [0.1, 0.15) is 13.8 Å². The summed E-state index contributed by atoms with van der Waals surface area (Å²) in [4.78, 5) is 2.06. The summed E-state index contributed by atoms with van der Waals surface area (Å²) in [5.74, 6) is 0.899. The molecule has 0 unspecified atom stereocenters. The SMILES string of the molecule is CC.COc1ccc(N(C)C)cc1. The quantitative estimate of drug-likeness (QED) is 0.695. The molecule has 2 heteroatoms. The summed E-state index contributed by atoms with van der Waals surface area (Å²) in [7, 11) is 5.70. The molecule has 0 fully saturated rings. The van der Waals surface area contributed by atoms with E-state index >= 15 is 0 Å². The molecule has 13 heavy (non-hydrogen) atoms. The lowest BCUT2D eigenvalue weighted by Crippen LogP contribution is -2.07. The highest BCUT2D eigenvalue weighted by atomic mass is 16.5. The second kappa shape index (κ2) is 6.35.